The van der Waals surface area contributed by atoms with Crippen LogP contribution in [0.1, 0.15) is 40.0 Å². The molecule has 0 aromatic rings. The Morgan fingerprint density at radius 2 is 2.16 bits per heavy atom. The highest BCUT2D eigenvalue weighted by molar-refractivity contribution is 5.96. The molecule has 4 heteroatoms. The molecule has 0 heterocycles. The van der Waals surface area contributed by atoms with Crippen molar-refractivity contribution in [1.29, 1.82) is 0 Å². The molecule has 0 unspecified atom stereocenters. The molecule has 0 spiro atoms. The van der Waals surface area contributed by atoms with Crippen molar-refractivity contribution in [3.63, 3.8) is 0 Å². The lowest BCUT2D eigenvalue weighted by Crippen LogP contribution is -2.45. The normalized spacial score (nSPS) is 26.6. The van der Waals surface area contributed by atoms with E-state index in [9.17, 15) is 15.0 Å². The van der Waals surface area contributed by atoms with E-state index in [2.05, 4.69) is 0 Å². The summed E-state index contributed by atoms with van der Waals surface area (Å²) >= 11 is 0. The SMILES string of the molecule is CC(C)=CCC[C@@](C)(O)[C@@H]1CC(=O)C(CO)=C[C@H]1O. The van der Waals surface area contributed by atoms with Crippen LogP contribution < -0.4 is 0 Å². The maximum absolute atomic E-state index is 11.7. The van der Waals surface area contributed by atoms with E-state index in [4.69, 9.17) is 5.11 Å². The van der Waals surface area contributed by atoms with Gasteiger partial charge in [0.2, 0.25) is 0 Å². The van der Waals surface area contributed by atoms with Gasteiger partial charge in [0.05, 0.1) is 18.3 Å². The summed E-state index contributed by atoms with van der Waals surface area (Å²) in [6, 6.07) is 0. The van der Waals surface area contributed by atoms with Gasteiger partial charge in [0.1, 0.15) is 0 Å². The first-order valence-corrected chi connectivity index (χ1v) is 6.66. The second kappa shape index (κ2) is 6.46. The van der Waals surface area contributed by atoms with Crippen molar-refractivity contribution in [3.05, 3.63) is 23.3 Å². The molecule has 0 aliphatic heterocycles. The number of carbonyl (C=O) groups is 1. The van der Waals surface area contributed by atoms with Crippen molar-refractivity contribution in [2.45, 2.75) is 51.7 Å². The number of hydrogen-bond donors (Lipinski definition) is 3. The van der Waals surface area contributed by atoms with Crippen LogP contribution in [0.2, 0.25) is 0 Å². The van der Waals surface area contributed by atoms with E-state index in [1.807, 2.05) is 19.9 Å². The van der Waals surface area contributed by atoms with E-state index in [0.717, 1.165) is 0 Å². The molecule has 108 valence electrons. The van der Waals surface area contributed by atoms with Gasteiger partial charge in [-0.15, -0.1) is 0 Å². The van der Waals surface area contributed by atoms with E-state index >= 15 is 0 Å². The van der Waals surface area contributed by atoms with Crippen LogP contribution in [0.15, 0.2) is 23.3 Å². The number of carbonyl (C=O) groups excluding carboxylic acids is 1. The van der Waals surface area contributed by atoms with Crippen LogP contribution in [0.5, 0.6) is 0 Å². The van der Waals surface area contributed by atoms with Crippen molar-refractivity contribution in [3.8, 4) is 0 Å². The van der Waals surface area contributed by atoms with E-state index in [1.54, 1.807) is 6.92 Å². The van der Waals surface area contributed by atoms with Crippen LogP contribution in [-0.2, 0) is 4.79 Å². The van der Waals surface area contributed by atoms with Gasteiger partial charge in [-0.1, -0.05) is 11.6 Å². The quantitative estimate of drug-likeness (QED) is 0.658. The molecule has 4 nitrogen and oxygen atoms in total. The van der Waals surface area contributed by atoms with Crippen molar-refractivity contribution in [2.24, 2.45) is 5.92 Å². The van der Waals surface area contributed by atoms with Crippen LogP contribution in [0.25, 0.3) is 0 Å². The van der Waals surface area contributed by atoms with E-state index in [0.29, 0.717) is 12.8 Å². The third-order valence-corrected chi connectivity index (χ3v) is 3.72. The van der Waals surface area contributed by atoms with Gasteiger partial charge < -0.3 is 15.3 Å². The van der Waals surface area contributed by atoms with Crippen LogP contribution in [0.4, 0.5) is 0 Å². The Morgan fingerprint density at radius 1 is 1.53 bits per heavy atom. The zero-order valence-electron chi connectivity index (χ0n) is 11.9. The molecule has 19 heavy (non-hydrogen) atoms. The second-order valence-corrected chi connectivity index (χ2v) is 5.75. The summed E-state index contributed by atoms with van der Waals surface area (Å²) in [6.45, 7) is 5.28. The first-order chi connectivity index (χ1) is 8.77. The summed E-state index contributed by atoms with van der Waals surface area (Å²) in [7, 11) is 0. The van der Waals surface area contributed by atoms with Crippen molar-refractivity contribution >= 4 is 5.78 Å². The van der Waals surface area contributed by atoms with Crippen molar-refractivity contribution in [1.82, 2.24) is 0 Å². The molecule has 3 N–H and O–H groups in total. The highest BCUT2D eigenvalue weighted by atomic mass is 16.3. The number of aliphatic hydroxyl groups excluding tert-OH is 2. The molecule has 0 aromatic heterocycles. The zero-order chi connectivity index (χ0) is 14.6. The Kier molecular flexibility index (Phi) is 5.47. The molecule has 3 atom stereocenters. The monoisotopic (exact) mass is 268 g/mol. The minimum atomic E-state index is -1.10. The predicted octanol–water partition coefficient (Wildman–Crippen LogP) is 1.35. The molecule has 0 saturated heterocycles. The van der Waals surface area contributed by atoms with Gasteiger partial charge in [0, 0.05) is 17.9 Å². The topological polar surface area (TPSA) is 77.8 Å². The number of aliphatic hydroxyl groups is 3. The lowest BCUT2D eigenvalue weighted by atomic mass is 9.74. The Labute approximate surface area is 114 Å². The average Bonchev–Trinajstić information content (AvgIpc) is 2.30. The molecule has 0 fully saturated rings. The molecule has 0 aromatic carbocycles. The summed E-state index contributed by atoms with van der Waals surface area (Å²) in [5.41, 5.74) is 0.320. The number of Topliss-reactive ketones (excluding diaryl/α,β-unsaturated/α-hetero) is 1. The summed E-state index contributed by atoms with van der Waals surface area (Å²) in [6.07, 6.45) is 3.79. The zero-order valence-corrected chi connectivity index (χ0v) is 11.9. The van der Waals surface area contributed by atoms with Gasteiger partial charge in [0.15, 0.2) is 5.78 Å². The minimum Gasteiger partial charge on any atom is -0.392 e. The Morgan fingerprint density at radius 3 is 2.68 bits per heavy atom. The first kappa shape index (κ1) is 16.1. The lowest BCUT2D eigenvalue weighted by Gasteiger charge is -2.37. The van der Waals surface area contributed by atoms with E-state index < -0.39 is 17.6 Å². The maximum Gasteiger partial charge on any atom is 0.161 e. The summed E-state index contributed by atoms with van der Waals surface area (Å²) in [5, 5.41) is 29.5. The van der Waals surface area contributed by atoms with Crippen LogP contribution in [-0.4, -0.2) is 39.4 Å². The van der Waals surface area contributed by atoms with E-state index in [-0.39, 0.29) is 24.4 Å². The van der Waals surface area contributed by atoms with Crippen LogP contribution in [0, 0.1) is 5.92 Å². The molecule has 1 aliphatic carbocycles. The van der Waals surface area contributed by atoms with Crippen LogP contribution >= 0.6 is 0 Å². The molecule has 1 aliphatic rings. The fourth-order valence-electron chi connectivity index (χ4n) is 2.43. The largest absolute Gasteiger partial charge is 0.392 e. The average molecular weight is 268 g/mol. The molecule has 1 rings (SSSR count). The van der Waals surface area contributed by atoms with Gasteiger partial charge >= 0.3 is 0 Å². The third kappa shape index (κ3) is 4.27. The smallest absolute Gasteiger partial charge is 0.161 e. The Hall–Kier alpha value is -0.970. The third-order valence-electron chi connectivity index (χ3n) is 3.72. The lowest BCUT2D eigenvalue weighted by molar-refractivity contribution is -0.124. The highest BCUT2D eigenvalue weighted by Crippen LogP contribution is 2.33. The summed E-state index contributed by atoms with van der Waals surface area (Å²) in [5.74, 6) is -0.707. The summed E-state index contributed by atoms with van der Waals surface area (Å²) < 4.78 is 0. The molecule has 0 radical (unpaired) electrons. The predicted molar refractivity (Wildman–Crippen MR) is 73.6 cm³/mol. The number of ketones is 1. The van der Waals surface area contributed by atoms with Gasteiger partial charge in [-0.2, -0.15) is 0 Å². The van der Waals surface area contributed by atoms with Gasteiger partial charge in [0.25, 0.3) is 0 Å². The number of allylic oxidation sites excluding steroid dienone is 2. The first-order valence-electron chi connectivity index (χ1n) is 6.66. The van der Waals surface area contributed by atoms with Gasteiger partial charge in [-0.25, -0.2) is 0 Å². The van der Waals surface area contributed by atoms with Gasteiger partial charge in [-0.3, -0.25) is 4.79 Å². The van der Waals surface area contributed by atoms with Crippen molar-refractivity contribution in [2.75, 3.05) is 6.61 Å². The minimum absolute atomic E-state index is 0.0788. The fourth-order valence-corrected chi connectivity index (χ4v) is 2.43. The maximum atomic E-state index is 11.7. The van der Waals surface area contributed by atoms with Crippen molar-refractivity contribution < 1.29 is 20.1 Å². The fraction of sp³-hybridized carbons (Fsp3) is 0.667. The van der Waals surface area contributed by atoms with Crippen LogP contribution in [0.3, 0.4) is 0 Å². The number of rotatable bonds is 5. The Bertz CT molecular complexity index is 389. The highest BCUT2D eigenvalue weighted by Gasteiger charge is 2.40. The number of hydrogen-bond acceptors (Lipinski definition) is 4. The summed E-state index contributed by atoms with van der Waals surface area (Å²) in [4.78, 5) is 11.7. The standard InChI is InChI=1S/C15H24O4/c1-10(2)5-4-6-15(3,19)12-8-13(17)11(9-16)7-14(12)18/h5,7,12,14,16,18-19H,4,6,8-9H2,1-3H3/t12-,14-,15-/m1/s1. The van der Waals surface area contributed by atoms with Gasteiger partial charge in [-0.05, 0) is 39.7 Å². The molecule has 0 amide bonds. The second-order valence-electron chi connectivity index (χ2n) is 5.75. The molecular weight excluding hydrogens is 244 g/mol. The van der Waals surface area contributed by atoms with E-state index in [1.165, 1.54) is 11.6 Å². The molecule has 0 bridgehead atoms. The molecule has 0 saturated carbocycles. The Balaban J connectivity index is 2.76. The molecular formula is C15H24O4.